The van der Waals surface area contributed by atoms with Gasteiger partial charge in [0.05, 0.1) is 16.3 Å². The average Bonchev–Trinajstić information content (AvgIpc) is 2.54. The third-order valence-corrected chi connectivity index (χ3v) is 3.89. The van der Waals surface area contributed by atoms with Gasteiger partial charge < -0.3 is 10.4 Å². The van der Waals surface area contributed by atoms with Crippen molar-refractivity contribution in [2.75, 3.05) is 11.9 Å². The van der Waals surface area contributed by atoms with Crippen LogP contribution in [0.3, 0.4) is 0 Å². The highest BCUT2D eigenvalue weighted by Gasteiger charge is 2.27. The number of hydrogen-bond acceptors (Lipinski definition) is 2. The van der Waals surface area contributed by atoms with Crippen molar-refractivity contribution in [3.8, 4) is 0 Å². The van der Waals surface area contributed by atoms with Crippen LogP contribution in [0.15, 0.2) is 18.2 Å². The van der Waals surface area contributed by atoms with Crippen molar-refractivity contribution >= 4 is 17.3 Å². The molecule has 2 nitrogen and oxygen atoms in total. The first-order valence-electron chi connectivity index (χ1n) is 6.50. The molecule has 100 valence electrons. The Bertz CT molecular complexity index is 403. The van der Waals surface area contributed by atoms with Crippen LogP contribution >= 0.6 is 11.6 Å². The molecule has 0 saturated heterocycles. The van der Waals surface area contributed by atoms with Crippen LogP contribution in [0.25, 0.3) is 0 Å². The van der Waals surface area contributed by atoms with Gasteiger partial charge in [-0.2, -0.15) is 0 Å². The Morgan fingerprint density at radius 1 is 1.22 bits per heavy atom. The van der Waals surface area contributed by atoms with Gasteiger partial charge in [-0.05, 0) is 31.0 Å². The summed E-state index contributed by atoms with van der Waals surface area (Å²) in [6.45, 7) is 0.471. The molecule has 0 unspecified atom stereocenters. The molecule has 2 rings (SSSR count). The third-order valence-electron chi connectivity index (χ3n) is 3.57. The van der Waals surface area contributed by atoms with E-state index in [1.165, 1.54) is 25.0 Å². The van der Waals surface area contributed by atoms with E-state index in [2.05, 4.69) is 5.32 Å². The lowest BCUT2D eigenvalue weighted by molar-refractivity contribution is 0.0381. The largest absolute Gasteiger partial charge is 0.388 e. The van der Waals surface area contributed by atoms with E-state index < -0.39 is 5.60 Å². The van der Waals surface area contributed by atoms with Crippen molar-refractivity contribution in [1.29, 1.82) is 0 Å². The Morgan fingerprint density at radius 2 is 1.89 bits per heavy atom. The maximum absolute atomic E-state index is 12.9. The number of benzene rings is 1. The fourth-order valence-electron chi connectivity index (χ4n) is 2.46. The molecule has 0 atom stereocenters. The second-order valence-corrected chi connectivity index (χ2v) is 5.52. The molecule has 4 heteroatoms. The molecular weight excluding hydrogens is 253 g/mol. The fourth-order valence-corrected chi connectivity index (χ4v) is 2.69. The van der Waals surface area contributed by atoms with Crippen molar-refractivity contribution in [1.82, 2.24) is 0 Å². The van der Waals surface area contributed by atoms with E-state index in [0.29, 0.717) is 17.3 Å². The zero-order chi connectivity index (χ0) is 13.0. The van der Waals surface area contributed by atoms with E-state index in [0.717, 1.165) is 25.7 Å². The van der Waals surface area contributed by atoms with E-state index >= 15 is 0 Å². The monoisotopic (exact) mass is 271 g/mol. The third kappa shape index (κ3) is 3.59. The number of nitrogens with one attached hydrogen (secondary N) is 1. The van der Waals surface area contributed by atoms with Crippen molar-refractivity contribution in [2.24, 2.45) is 0 Å². The molecule has 1 fully saturated rings. The molecule has 0 aromatic heterocycles. The standard InChI is InChI=1S/C14H19ClFNO/c15-12-9-11(16)5-6-13(12)17-10-14(18)7-3-1-2-4-8-14/h5-6,9,17-18H,1-4,7-8,10H2. The molecule has 0 aliphatic heterocycles. The molecule has 0 spiro atoms. The van der Waals surface area contributed by atoms with Crippen molar-refractivity contribution in [2.45, 2.75) is 44.1 Å². The van der Waals surface area contributed by atoms with Gasteiger partial charge in [-0.15, -0.1) is 0 Å². The Labute approximate surface area is 112 Å². The summed E-state index contributed by atoms with van der Waals surface area (Å²) in [5, 5.41) is 14.0. The van der Waals surface area contributed by atoms with Gasteiger partial charge in [0.15, 0.2) is 0 Å². The van der Waals surface area contributed by atoms with E-state index in [-0.39, 0.29) is 5.82 Å². The summed E-state index contributed by atoms with van der Waals surface area (Å²) < 4.78 is 12.9. The van der Waals surface area contributed by atoms with Crippen LogP contribution in [0.1, 0.15) is 38.5 Å². The van der Waals surface area contributed by atoms with Crippen LogP contribution in [-0.2, 0) is 0 Å². The minimum atomic E-state index is -0.659. The summed E-state index contributed by atoms with van der Waals surface area (Å²) >= 11 is 5.94. The van der Waals surface area contributed by atoms with Gasteiger partial charge in [0.2, 0.25) is 0 Å². The van der Waals surface area contributed by atoms with Crippen LogP contribution in [-0.4, -0.2) is 17.3 Å². The number of hydrogen-bond donors (Lipinski definition) is 2. The predicted molar refractivity (Wildman–Crippen MR) is 72.6 cm³/mol. The molecule has 1 aliphatic rings. The Morgan fingerprint density at radius 3 is 2.50 bits per heavy atom. The normalized spacial score (nSPS) is 19.3. The highest BCUT2D eigenvalue weighted by Crippen LogP contribution is 2.29. The minimum absolute atomic E-state index is 0.348. The van der Waals surface area contributed by atoms with Gasteiger partial charge >= 0.3 is 0 Å². The highest BCUT2D eigenvalue weighted by atomic mass is 35.5. The van der Waals surface area contributed by atoms with Crippen LogP contribution in [0, 0.1) is 5.82 Å². The van der Waals surface area contributed by atoms with Crippen molar-refractivity contribution in [3.63, 3.8) is 0 Å². The second kappa shape index (κ2) is 5.89. The van der Waals surface area contributed by atoms with Gasteiger partial charge in [0.1, 0.15) is 5.82 Å². The van der Waals surface area contributed by atoms with Crippen molar-refractivity contribution in [3.05, 3.63) is 29.0 Å². The van der Waals surface area contributed by atoms with E-state index in [1.807, 2.05) is 0 Å². The van der Waals surface area contributed by atoms with Crippen LogP contribution in [0.5, 0.6) is 0 Å². The fraction of sp³-hybridized carbons (Fsp3) is 0.571. The number of rotatable bonds is 3. The molecule has 0 bridgehead atoms. The first-order valence-corrected chi connectivity index (χ1v) is 6.88. The lowest BCUT2D eigenvalue weighted by Crippen LogP contribution is -2.36. The van der Waals surface area contributed by atoms with E-state index in [1.54, 1.807) is 6.07 Å². The van der Waals surface area contributed by atoms with Crippen LogP contribution in [0.2, 0.25) is 5.02 Å². The molecule has 18 heavy (non-hydrogen) atoms. The van der Waals surface area contributed by atoms with Gasteiger partial charge in [-0.3, -0.25) is 0 Å². The molecule has 0 radical (unpaired) electrons. The van der Waals surface area contributed by atoms with Crippen molar-refractivity contribution < 1.29 is 9.50 Å². The molecule has 1 aliphatic carbocycles. The molecule has 1 aromatic rings. The lowest BCUT2D eigenvalue weighted by atomic mass is 9.94. The molecule has 1 saturated carbocycles. The quantitative estimate of drug-likeness (QED) is 0.815. The molecule has 2 N–H and O–H groups in total. The Kier molecular flexibility index (Phi) is 4.46. The maximum atomic E-state index is 12.9. The summed E-state index contributed by atoms with van der Waals surface area (Å²) in [6, 6.07) is 4.25. The first kappa shape index (κ1) is 13.6. The maximum Gasteiger partial charge on any atom is 0.124 e. The SMILES string of the molecule is OC1(CNc2ccc(F)cc2Cl)CCCCCC1. The summed E-state index contributed by atoms with van der Waals surface area (Å²) in [6.07, 6.45) is 6.15. The average molecular weight is 272 g/mol. The number of halogens is 2. The van der Waals surface area contributed by atoms with Gasteiger partial charge in [-0.1, -0.05) is 37.3 Å². The Balaban J connectivity index is 1.97. The van der Waals surface area contributed by atoms with Gasteiger partial charge in [0.25, 0.3) is 0 Å². The van der Waals surface area contributed by atoms with Gasteiger partial charge in [0, 0.05) is 6.54 Å². The molecule has 0 heterocycles. The highest BCUT2D eigenvalue weighted by molar-refractivity contribution is 6.33. The summed E-state index contributed by atoms with van der Waals surface area (Å²) in [5.41, 5.74) is 0.0181. The predicted octanol–water partition coefficient (Wildman–Crippen LogP) is 3.98. The first-order chi connectivity index (χ1) is 8.59. The topological polar surface area (TPSA) is 32.3 Å². The number of aliphatic hydroxyl groups is 1. The summed E-state index contributed by atoms with van der Waals surface area (Å²) in [7, 11) is 0. The van der Waals surface area contributed by atoms with Crippen LogP contribution in [0.4, 0.5) is 10.1 Å². The van der Waals surface area contributed by atoms with E-state index in [9.17, 15) is 9.50 Å². The van der Waals surface area contributed by atoms with Gasteiger partial charge in [-0.25, -0.2) is 4.39 Å². The summed E-state index contributed by atoms with van der Waals surface area (Å²) in [5.74, 6) is -0.348. The summed E-state index contributed by atoms with van der Waals surface area (Å²) in [4.78, 5) is 0. The van der Waals surface area contributed by atoms with Crippen LogP contribution < -0.4 is 5.32 Å². The number of anilines is 1. The molecule has 1 aromatic carbocycles. The smallest absolute Gasteiger partial charge is 0.124 e. The second-order valence-electron chi connectivity index (χ2n) is 5.12. The molecule has 0 amide bonds. The minimum Gasteiger partial charge on any atom is -0.388 e. The Hall–Kier alpha value is -0.800. The lowest BCUT2D eigenvalue weighted by Gasteiger charge is -2.27. The zero-order valence-corrected chi connectivity index (χ0v) is 11.1. The van der Waals surface area contributed by atoms with E-state index in [4.69, 9.17) is 11.6 Å². The zero-order valence-electron chi connectivity index (χ0n) is 10.4. The molecular formula is C14H19ClFNO.